The Morgan fingerprint density at radius 3 is 2.19 bits per heavy atom. The molecule has 3 nitrogen and oxygen atoms in total. The molecule has 0 amide bonds. The number of halogens is 1. The number of hydrogen-bond acceptors (Lipinski definition) is 4. The Morgan fingerprint density at radius 1 is 0.889 bits per heavy atom. The maximum Gasteiger partial charge on any atom is 0.128 e. The molecule has 2 saturated carbocycles. The van der Waals surface area contributed by atoms with Crippen molar-refractivity contribution in [2.75, 3.05) is 37.6 Å². The molecule has 36 heavy (non-hydrogen) atoms. The van der Waals surface area contributed by atoms with Gasteiger partial charge in [-0.2, -0.15) is 5.26 Å². The molecule has 0 bridgehead atoms. The molecule has 0 aromatic heterocycles. The minimum Gasteiger partial charge on any atom is -0.371 e. The molecular formula is C31H38FN3S. The van der Waals surface area contributed by atoms with Gasteiger partial charge in [-0.1, -0.05) is 31.0 Å². The fourth-order valence-corrected chi connectivity index (χ4v) is 8.19. The summed E-state index contributed by atoms with van der Waals surface area (Å²) >= 11 is 2.02. The highest BCUT2D eigenvalue weighted by Crippen LogP contribution is 2.50. The predicted molar refractivity (Wildman–Crippen MR) is 146 cm³/mol. The zero-order chi connectivity index (χ0) is 24.5. The topological polar surface area (TPSA) is 30.3 Å². The van der Waals surface area contributed by atoms with Crippen molar-refractivity contribution in [1.29, 1.82) is 5.26 Å². The Kier molecular flexibility index (Phi) is 7.01. The Hall–Kier alpha value is -2.03. The molecule has 0 radical (unpaired) electrons. The molecule has 4 aliphatic rings. The van der Waals surface area contributed by atoms with E-state index < -0.39 is 5.41 Å². The Morgan fingerprint density at radius 2 is 1.56 bits per heavy atom. The van der Waals surface area contributed by atoms with Gasteiger partial charge < -0.3 is 9.80 Å². The summed E-state index contributed by atoms with van der Waals surface area (Å²) < 4.78 is 15.1. The molecule has 2 aliphatic carbocycles. The van der Waals surface area contributed by atoms with Crippen molar-refractivity contribution >= 4 is 17.4 Å². The van der Waals surface area contributed by atoms with Gasteiger partial charge in [0.2, 0.25) is 0 Å². The minimum atomic E-state index is -0.675. The van der Waals surface area contributed by atoms with Crippen LogP contribution in [-0.2, 0) is 5.41 Å². The smallest absolute Gasteiger partial charge is 0.128 e. The lowest BCUT2D eigenvalue weighted by Gasteiger charge is -2.47. The number of benzene rings is 2. The molecule has 2 heterocycles. The normalized spacial score (nSPS) is 23.8. The zero-order valence-corrected chi connectivity index (χ0v) is 22.1. The highest BCUT2D eigenvalue weighted by atomic mass is 32.2. The molecule has 0 N–H and O–H groups in total. The first-order chi connectivity index (χ1) is 17.7. The van der Waals surface area contributed by atoms with Crippen molar-refractivity contribution < 1.29 is 4.39 Å². The molecule has 2 aliphatic heterocycles. The Labute approximate surface area is 220 Å². The van der Waals surface area contributed by atoms with Crippen molar-refractivity contribution in [1.82, 2.24) is 4.90 Å². The van der Waals surface area contributed by atoms with E-state index in [-0.39, 0.29) is 17.7 Å². The van der Waals surface area contributed by atoms with E-state index in [4.69, 9.17) is 0 Å². The maximum absolute atomic E-state index is 15.1. The summed E-state index contributed by atoms with van der Waals surface area (Å²) in [5, 5.41) is 11.4. The number of rotatable bonds is 8. The van der Waals surface area contributed by atoms with Crippen molar-refractivity contribution in [3.8, 4) is 6.07 Å². The lowest BCUT2D eigenvalue weighted by molar-refractivity contribution is 0.101. The van der Waals surface area contributed by atoms with Crippen LogP contribution in [0.1, 0.15) is 56.9 Å². The summed E-state index contributed by atoms with van der Waals surface area (Å²) in [5.74, 6) is 1.04. The molecule has 4 fully saturated rings. The molecule has 6 rings (SSSR count). The Bertz CT molecular complexity index is 1070. The molecule has 190 valence electrons. The molecule has 2 aromatic carbocycles. The van der Waals surface area contributed by atoms with Crippen LogP contribution in [0, 0.1) is 34.9 Å². The number of likely N-dealkylation sites (tertiary alicyclic amines) is 1. The summed E-state index contributed by atoms with van der Waals surface area (Å²) in [6.45, 7) is 5.46. The molecular weight excluding hydrogens is 465 g/mol. The average Bonchev–Trinajstić information content (AvgIpc) is 3.53. The Balaban J connectivity index is 1.05. The average molecular weight is 504 g/mol. The first kappa shape index (κ1) is 24.3. The summed E-state index contributed by atoms with van der Waals surface area (Å²) in [7, 11) is 0. The van der Waals surface area contributed by atoms with Gasteiger partial charge >= 0.3 is 0 Å². The largest absolute Gasteiger partial charge is 0.371 e. The molecule has 2 aromatic rings. The van der Waals surface area contributed by atoms with Gasteiger partial charge in [-0.15, -0.1) is 11.8 Å². The molecule has 0 spiro atoms. The van der Waals surface area contributed by atoms with Gasteiger partial charge in [-0.3, -0.25) is 0 Å². The van der Waals surface area contributed by atoms with Crippen LogP contribution in [0.3, 0.4) is 0 Å². The lowest BCUT2D eigenvalue weighted by Crippen LogP contribution is -2.53. The van der Waals surface area contributed by atoms with Crippen LogP contribution < -0.4 is 4.90 Å². The lowest BCUT2D eigenvalue weighted by atomic mass is 9.60. The van der Waals surface area contributed by atoms with Crippen LogP contribution in [0.4, 0.5) is 10.1 Å². The highest BCUT2D eigenvalue weighted by molar-refractivity contribution is 8.00. The van der Waals surface area contributed by atoms with E-state index in [1.807, 2.05) is 23.9 Å². The maximum atomic E-state index is 15.1. The predicted octanol–water partition coefficient (Wildman–Crippen LogP) is 6.88. The summed E-state index contributed by atoms with van der Waals surface area (Å²) in [4.78, 5) is 6.51. The highest BCUT2D eigenvalue weighted by Gasteiger charge is 2.50. The van der Waals surface area contributed by atoms with Crippen molar-refractivity contribution in [3.63, 3.8) is 0 Å². The van der Waals surface area contributed by atoms with Gasteiger partial charge in [0.05, 0.1) is 11.5 Å². The number of piperidine rings is 1. The van der Waals surface area contributed by atoms with E-state index in [0.717, 1.165) is 63.7 Å². The minimum absolute atomic E-state index is 0.192. The number of nitrogens with zero attached hydrogens (tertiary/aromatic N) is 3. The van der Waals surface area contributed by atoms with Gasteiger partial charge in [-0.05, 0) is 93.8 Å². The van der Waals surface area contributed by atoms with Crippen LogP contribution in [-0.4, -0.2) is 42.9 Å². The number of nitriles is 1. The first-order valence-electron chi connectivity index (χ1n) is 14.1. The summed E-state index contributed by atoms with van der Waals surface area (Å²) in [6, 6.07) is 19.0. The van der Waals surface area contributed by atoms with Crippen molar-refractivity contribution in [3.05, 3.63) is 59.9 Å². The van der Waals surface area contributed by atoms with Gasteiger partial charge in [0.15, 0.2) is 0 Å². The van der Waals surface area contributed by atoms with E-state index in [1.54, 1.807) is 12.1 Å². The molecule has 2 saturated heterocycles. The van der Waals surface area contributed by atoms with Crippen LogP contribution in [0.15, 0.2) is 53.4 Å². The van der Waals surface area contributed by atoms with Crippen LogP contribution in [0.25, 0.3) is 0 Å². The number of thioether (sulfide) groups is 1. The fourth-order valence-electron chi connectivity index (χ4n) is 7.14. The zero-order valence-electron chi connectivity index (χ0n) is 21.2. The molecule has 1 atom stereocenters. The first-order valence-corrected chi connectivity index (χ1v) is 14.9. The van der Waals surface area contributed by atoms with E-state index in [1.165, 1.54) is 36.3 Å². The summed E-state index contributed by atoms with van der Waals surface area (Å²) in [5.41, 5.74) is 1.34. The second kappa shape index (κ2) is 10.4. The van der Waals surface area contributed by atoms with E-state index >= 15 is 4.39 Å². The van der Waals surface area contributed by atoms with Gasteiger partial charge in [-0.25, -0.2) is 4.39 Å². The second-order valence-corrected chi connectivity index (χ2v) is 13.0. The van der Waals surface area contributed by atoms with Gasteiger partial charge in [0.1, 0.15) is 5.82 Å². The van der Waals surface area contributed by atoms with E-state index in [0.29, 0.717) is 11.5 Å². The third-order valence-electron chi connectivity index (χ3n) is 9.24. The number of anilines is 1. The standard InChI is InChI=1S/C31H38FN3S/c32-30-8-4-3-7-29(30)31(22-33,24-5-1-2-6-24)25-15-17-34(18-16-25)19-23-20-35(21-23)26-9-11-27(12-10-26)36-28-13-14-28/h3-4,7-12,23-25,28H,1-2,5-6,13-21H2. The van der Waals surface area contributed by atoms with Gasteiger partial charge in [0, 0.05) is 46.9 Å². The third kappa shape index (κ3) is 4.79. The summed E-state index contributed by atoms with van der Waals surface area (Å²) in [6.07, 6.45) is 9.19. The SMILES string of the molecule is N#CC(c1ccccc1F)(C1CCCC1)C1CCN(CC2CN(c3ccc(SC4CC4)cc3)C2)CC1. The van der Waals surface area contributed by atoms with E-state index in [2.05, 4.69) is 40.1 Å². The van der Waals surface area contributed by atoms with Crippen LogP contribution >= 0.6 is 11.8 Å². The fraction of sp³-hybridized carbons (Fsp3) is 0.581. The van der Waals surface area contributed by atoms with Crippen LogP contribution in [0.2, 0.25) is 0 Å². The second-order valence-electron chi connectivity index (χ2n) is 11.6. The van der Waals surface area contributed by atoms with Crippen molar-refractivity contribution in [2.45, 2.75) is 66.9 Å². The molecule has 5 heteroatoms. The van der Waals surface area contributed by atoms with Crippen LogP contribution in [0.5, 0.6) is 0 Å². The van der Waals surface area contributed by atoms with E-state index in [9.17, 15) is 5.26 Å². The monoisotopic (exact) mass is 503 g/mol. The molecule has 1 unspecified atom stereocenters. The van der Waals surface area contributed by atoms with Gasteiger partial charge in [0.25, 0.3) is 0 Å². The quantitative estimate of drug-likeness (QED) is 0.393. The number of hydrogen-bond donors (Lipinski definition) is 0. The third-order valence-corrected chi connectivity index (χ3v) is 10.6. The van der Waals surface area contributed by atoms with Crippen molar-refractivity contribution in [2.24, 2.45) is 17.8 Å².